The number of amides is 1. The minimum atomic E-state index is -0.436. The van der Waals surface area contributed by atoms with Crippen molar-refractivity contribution in [2.24, 2.45) is 5.10 Å². The number of benzene rings is 1. The van der Waals surface area contributed by atoms with Crippen LogP contribution in [0.4, 0.5) is 4.79 Å². The van der Waals surface area contributed by atoms with Gasteiger partial charge in [-0.3, -0.25) is 4.90 Å². The summed E-state index contributed by atoms with van der Waals surface area (Å²) in [5, 5.41) is 6.22. The Labute approximate surface area is 162 Å². The number of carbonyl (C=O) groups excluding carboxylic acids is 1. The highest BCUT2D eigenvalue weighted by atomic mass is 35.5. The number of hydrogen-bond donors (Lipinski definition) is 0. The van der Waals surface area contributed by atoms with Gasteiger partial charge in [0.15, 0.2) is 0 Å². The molecule has 0 radical (unpaired) electrons. The Morgan fingerprint density at radius 3 is 2.70 bits per heavy atom. The molecule has 142 valence electrons. The molecule has 0 aliphatic carbocycles. The van der Waals surface area contributed by atoms with Crippen LogP contribution in [0.2, 0.25) is 5.02 Å². The summed E-state index contributed by atoms with van der Waals surface area (Å²) >= 11 is 5.90. The molecular weight excluding hydrogens is 370 g/mol. The lowest BCUT2D eigenvalue weighted by molar-refractivity contribution is 0.0188. The molecule has 1 atom stereocenters. The molecule has 0 spiro atoms. The first kappa shape index (κ1) is 18.0. The van der Waals surface area contributed by atoms with Crippen molar-refractivity contribution in [3.63, 3.8) is 0 Å². The van der Waals surface area contributed by atoms with Crippen molar-refractivity contribution in [2.45, 2.75) is 6.10 Å². The Morgan fingerprint density at radius 1 is 1.15 bits per heavy atom. The van der Waals surface area contributed by atoms with Crippen LogP contribution < -0.4 is 0 Å². The number of ether oxygens (including phenoxy) is 2. The summed E-state index contributed by atoms with van der Waals surface area (Å²) < 4.78 is 16.5. The number of cyclic esters (lactones) is 1. The minimum Gasteiger partial charge on any atom is -0.455 e. The lowest BCUT2D eigenvalue weighted by Gasteiger charge is -2.27. The number of nitrogens with zero attached hydrogens (tertiary/aromatic N) is 3. The van der Waals surface area contributed by atoms with Gasteiger partial charge in [-0.25, -0.2) is 4.79 Å². The first-order valence-corrected chi connectivity index (χ1v) is 9.23. The van der Waals surface area contributed by atoms with Gasteiger partial charge in [0.05, 0.1) is 26.0 Å². The molecule has 0 N–H and O–H groups in total. The van der Waals surface area contributed by atoms with E-state index in [1.54, 1.807) is 6.07 Å². The van der Waals surface area contributed by atoms with Crippen LogP contribution in [0, 0.1) is 0 Å². The van der Waals surface area contributed by atoms with Gasteiger partial charge < -0.3 is 13.9 Å². The summed E-state index contributed by atoms with van der Waals surface area (Å²) in [7, 11) is 0. The summed E-state index contributed by atoms with van der Waals surface area (Å²) in [6.45, 7) is 4.28. The Hall–Kier alpha value is -2.35. The number of rotatable bonds is 5. The van der Waals surface area contributed by atoms with Gasteiger partial charge in [0, 0.05) is 30.2 Å². The second kappa shape index (κ2) is 8.12. The average molecular weight is 390 g/mol. The molecular formula is C19H20ClN3O4. The maximum absolute atomic E-state index is 12.0. The van der Waals surface area contributed by atoms with E-state index in [2.05, 4.69) is 10.0 Å². The molecule has 1 unspecified atom stereocenters. The molecule has 1 aromatic heterocycles. The molecule has 4 rings (SSSR count). The van der Waals surface area contributed by atoms with Crippen LogP contribution >= 0.6 is 11.6 Å². The van der Waals surface area contributed by atoms with Gasteiger partial charge in [-0.2, -0.15) is 10.1 Å². The van der Waals surface area contributed by atoms with E-state index in [9.17, 15) is 4.79 Å². The van der Waals surface area contributed by atoms with Gasteiger partial charge in [-0.05, 0) is 36.4 Å². The zero-order valence-electron chi connectivity index (χ0n) is 14.7. The van der Waals surface area contributed by atoms with Crippen LogP contribution in [0.3, 0.4) is 0 Å². The van der Waals surface area contributed by atoms with E-state index >= 15 is 0 Å². The Kier molecular flexibility index (Phi) is 5.42. The summed E-state index contributed by atoms with van der Waals surface area (Å²) in [6.07, 6.45) is 0.903. The predicted molar refractivity (Wildman–Crippen MR) is 101 cm³/mol. The van der Waals surface area contributed by atoms with Gasteiger partial charge in [-0.1, -0.05) is 11.6 Å². The third-order valence-corrected chi connectivity index (χ3v) is 4.75. The molecule has 1 amide bonds. The van der Waals surface area contributed by atoms with Gasteiger partial charge in [-0.15, -0.1) is 0 Å². The van der Waals surface area contributed by atoms with Crippen molar-refractivity contribution in [1.29, 1.82) is 0 Å². The molecule has 27 heavy (non-hydrogen) atoms. The smallest absolute Gasteiger partial charge is 0.430 e. The standard InChI is InChI=1S/C19H20ClN3O4/c20-15-3-1-14(2-4-15)18-6-5-16(26-18)11-21-23-13-17(27-19(23)24)12-22-7-9-25-10-8-22/h1-6,11,17H,7-10,12-13H2. The van der Waals surface area contributed by atoms with Crippen molar-refractivity contribution in [1.82, 2.24) is 9.91 Å². The minimum absolute atomic E-state index is 0.186. The second-order valence-corrected chi connectivity index (χ2v) is 6.89. The van der Waals surface area contributed by atoms with Crippen molar-refractivity contribution < 1.29 is 18.7 Å². The molecule has 2 aliphatic heterocycles. The zero-order valence-corrected chi connectivity index (χ0v) is 15.5. The van der Waals surface area contributed by atoms with Gasteiger partial charge >= 0.3 is 6.09 Å². The Morgan fingerprint density at radius 2 is 1.93 bits per heavy atom. The lowest BCUT2D eigenvalue weighted by Crippen LogP contribution is -2.41. The molecule has 2 aliphatic rings. The molecule has 2 aromatic rings. The van der Waals surface area contributed by atoms with E-state index in [0.717, 1.165) is 31.9 Å². The number of halogens is 1. The molecule has 2 saturated heterocycles. The predicted octanol–water partition coefficient (Wildman–Crippen LogP) is 3.09. The number of hydrazone groups is 1. The quantitative estimate of drug-likeness (QED) is 0.735. The summed E-state index contributed by atoms with van der Waals surface area (Å²) in [4.78, 5) is 14.2. The highest BCUT2D eigenvalue weighted by molar-refractivity contribution is 6.30. The largest absolute Gasteiger partial charge is 0.455 e. The van der Waals surface area contributed by atoms with E-state index in [1.165, 1.54) is 11.2 Å². The van der Waals surface area contributed by atoms with Crippen LogP contribution in [-0.4, -0.2) is 67.7 Å². The van der Waals surface area contributed by atoms with Crippen molar-refractivity contribution in [3.8, 4) is 11.3 Å². The van der Waals surface area contributed by atoms with Crippen molar-refractivity contribution in [2.75, 3.05) is 39.4 Å². The topological polar surface area (TPSA) is 67.5 Å². The van der Waals surface area contributed by atoms with E-state index in [-0.39, 0.29) is 6.10 Å². The zero-order chi connectivity index (χ0) is 18.6. The van der Waals surface area contributed by atoms with E-state index < -0.39 is 6.09 Å². The van der Waals surface area contributed by atoms with E-state index in [1.807, 2.05) is 30.3 Å². The van der Waals surface area contributed by atoms with Gasteiger partial charge in [0.25, 0.3) is 0 Å². The van der Waals surface area contributed by atoms with Crippen molar-refractivity contribution >= 4 is 23.9 Å². The SMILES string of the molecule is O=C1OC(CN2CCOCC2)CN1N=Cc1ccc(-c2ccc(Cl)cc2)o1. The summed E-state index contributed by atoms with van der Waals surface area (Å²) in [5.74, 6) is 1.27. The third-order valence-electron chi connectivity index (χ3n) is 4.50. The first-order valence-electron chi connectivity index (χ1n) is 8.85. The fourth-order valence-corrected chi connectivity index (χ4v) is 3.21. The van der Waals surface area contributed by atoms with Crippen LogP contribution in [0.5, 0.6) is 0 Å². The fraction of sp³-hybridized carbons (Fsp3) is 0.368. The third kappa shape index (κ3) is 4.50. The van der Waals surface area contributed by atoms with Crippen molar-refractivity contribution in [3.05, 3.63) is 47.2 Å². The number of hydrogen-bond acceptors (Lipinski definition) is 6. The molecule has 0 saturated carbocycles. The Bertz CT molecular complexity index is 815. The molecule has 3 heterocycles. The highest BCUT2D eigenvalue weighted by Gasteiger charge is 2.32. The highest BCUT2D eigenvalue weighted by Crippen LogP contribution is 2.23. The lowest BCUT2D eigenvalue weighted by atomic mass is 10.2. The number of furan rings is 1. The monoisotopic (exact) mass is 389 g/mol. The van der Waals surface area contributed by atoms with Crippen LogP contribution in [0.25, 0.3) is 11.3 Å². The molecule has 1 aromatic carbocycles. The number of carbonyl (C=O) groups is 1. The van der Waals surface area contributed by atoms with Crippen LogP contribution in [-0.2, 0) is 9.47 Å². The fourth-order valence-electron chi connectivity index (χ4n) is 3.09. The maximum atomic E-state index is 12.0. The molecule has 0 bridgehead atoms. The summed E-state index contributed by atoms with van der Waals surface area (Å²) in [6, 6.07) is 11.0. The molecule has 7 nitrogen and oxygen atoms in total. The van der Waals surface area contributed by atoms with Gasteiger partial charge in [0.1, 0.15) is 17.6 Å². The first-order chi connectivity index (χ1) is 13.2. The van der Waals surface area contributed by atoms with Crippen LogP contribution in [0.1, 0.15) is 5.76 Å². The molecule has 2 fully saturated rings. The maximum Gasteiger partial charge on any atom is 0.430 e. The van der Waals surface area contributed by atoms with Gasteiger partial charge in [0.2, 0.25) is 0 Å². The Balaban J connectivity index is 1.35. The molecule has 8 heteroatoms. The number of morpholine rings is 1. The normalized spacial score (nSPS) is 21.1. The summed E-state index contributed by atoms with van der Waals surface area (Å²) in [5.41, 5.74) is 0.921. The van der Waals surface area contributed by atoms with E-state index in [4.69, 9.17) is 25.5 Å². The second-order valence-electron chi connectivity index (χ2n) is 6.45. The average Bonchev–Trinajstić information content (AvgIpc) is 3.28. The van der Waals surface area contributed by atoms with E-state index in [0.29, 0.717) is 29.6 Å². The van der Waals surface area contributed by atoms with Crippen LogP contribution in [0.15, 0.2) is 45.9 Å².